The number of aromatic amines is 1. The Kier molecular flexibility index (Phi) is 4.53. The summed E-state index contributed by atoms with van der Waals surface area (Å²) in [6, 6.07) is 11.9. The lowest BCUT2D eigenvalue weighted by Crippen LogP contribution is -2.39. The molecule has 0 bridgehead atoms. The number of nitro groups is 1. The summed E-state index contributed by atoms with van der Waals surface area (Å²) in [7, 11) is 0. The van der Waals surface area contributed by atoms with Crippen LogP contribution in [0.3, 0.4) is 0 Å². The number of rotatable bonds is 3. The molecule has 1 aliphatic rings. The number of hydrogen-bond acceptors (Lipinski definition) is 4. The van der Waals surface area contributed by atoms with Crippen LogP contribution < -0.4 is 0 Å². The molecule has 2 aromatic carbocycles. The van der Waals surface area contributed by atoms with Crippen LogP contribution >= 0.6 is 11.6 Å². The first kappa shape index (κ1) is 17.5. The Morgan fingerprint density at radius 3 is 2.89 bits per heavy atom. The first-order valence-corrected chi connectivity index (χ1v) is 9.08. The monoisotopic (exact) mass is 384 g/mol. The number of fused-ring (bicyclic) bond motifs is 1. The maximum Gasteiger partial charge on any atom is 0.283 e. The normalized spacial score (nSPS) is 17.2. The van der Waals surface area contributed by atoms with Gasteiger partial charge < -0.3 is 9.88 Å². The van der Waals surface area contributed by atoms with Crippen LogP contribution in [0.5, 0.6) is 0 Å². The van der Waals surface area contributed by atoms with E-state index in [0.29, 0.717) is 13.1 Å². The van der Waals surface area contributed by atoms with Crippen molar-refractivity contribution in [3.05, 3.63) is 69.0 Å². The van der Waals surface area contributed by atoms with E-state index in [2.05, 4.69) is 9.97 Å². The number of piperidine rings is 1. The molecule has 1 fully saturated rings. The average Bonchev–Trinajstić information content (AvgIpc) is 3.12. The fraction of sp³-hybridized carbons (Fsp3) is 0.263. The average molecular weight is 385 g/mol. The second kappa shape index (κ2) is 7.00. The van der Waals surface area contributed by atoms with Gasteiger partial charge in [-0.3, -0.25) is 14.9 Å². The summed E-state index contributed by atoms with van der Waals surface area (Å²) in [4.78, 5) is 33.3. The third kappa shape index (κ3) is 3.38. The van der Waals surface area contributed by atoms with E-state index < -0.39 is 4.92 Å². The van der Waals surface area contributed by atoms with E-state index in [0.717, 1.165) is 29.7 Å². The highest BCUT2D eigenvalue weighted by molar-refractivity contribution is 6.31. The summed E-state index contributed by atoms with van der Waals surface area (Å²) in [5, 5.41) is 11.5. The maximum atomic E-state index is 12.9. The van der Waals surface area contributed by atoms with Gasteiger partial charge in [0.1, 0.15) is 11.4 Å². The van der Waals surface area contributed by atoms with Gasteiger partial charge in [0.15, 0.2) is 0 Å². The van der Waals surface area contributed by atoms with E-state index in [9.17, 15) is 14.9 Å². The summed E-state index contributed by atoms with van der Waals surface area (Å²) in [6.07, 6.45) is 1.72. The summed E-state index contributed by atoms with van der Waals surface area (Å²) in [6.45, 7) is 1.04. The van der Waals surface area contributed by atoms with Crippen molar-refractivity contribution in [2.24, 2.45) is 0 Å². The van der Waals surface area contributed by atoms with Crippen LogP contribution in [0.2, 0.25) is 5.02 Å². The zero-order valence-electron chi connectivity index (χ0n) is 14.4. The Hall–Kier alpha value is -2.93. The summed E-state index contributed by atoms with van der Waals surface area (Å²) < 4.78 is 0. The lowest BCUT2D eigenvalue weighted by molar-refractivity contribution is -0.385. The molecule has 27 heavy (non-hydrogen) atoms. The van der Waals surface area contributed by atoms with Gasteiger partial charge in [-0.05, 0) is 37.1 Å². The number of halogens is 1. The molecule has 138 valence electrons. The molecule has 1 saturated heterocycles. The number of nitrogens with one attached hydrogen (secondary N) is 1. The van der Waals surface area contributed by atoms with Crippen molar-refractivity contribution >= 4 is 34.2 Å². The van der Waals surface area contributed by atoms with Crippen LogP contribution in [0.4, 0.5) is 5.69 Å². The molecule has 3 aromatic rings. The summed E-state index contributed by atoms with van der Waals surface area (Å²) in [5.41, 5.74) is 1.65. The van der Waals surface area contributed by atoms with Crippen molar-refractivity contribution in [1.82, 2.24) is 14.9 Å². The SMILES string of the molecule is O=C(c1ccc(Cl)cc1[N+](=O)[O-])N1CCC[C@@H](c2nc3ccccc3[nH]2)C1. The molecule has 2 heterocycles. The van der Waals surface area contributed by atoms with Crippen molar-refractivity contribution in [1.29, 1.82) is 0 Å². The molecule has 1 amide bonds. The minimum Gasteiger partial charge on any atom is -0.342 e. The van der Waals surface area contributed by atoms with Gasteiger partial charge in [0.25, 0.3) is 11.6 Å². The van der Waals surface area contributed by atoms with Crippen molar-refractivity contribution in [2.75, 3.05) is 13.1 Å². The van der Waals surface area contributed by atoms with E-state index in [4.69, 9.17) is 11.6 Å². The standard InChI is InChI=1S/C19H17ClN4O3/c20-13-7-8-14(17(10-13)24(26)27)19(25)23-9-3-4-12(11-23)18-21-15-5-1-2-6-16(15)22-18/h1-2,5-8,10,12H,3-4,9,11H2,(H,21,22)/t12-/m1/s1. The number of likely N-dealkylation sites (tertiary alicyclic amines) is 1. The number of nitrogens with zero attached hydrogens (tertiary/aromatic N) is 3. The fourth-order valence-corrected chi connectivity index (χ4v) is 3.72. The number of nitro benzene ring substituents is 1. The van der Waals surface area contributed by atoms with Gasteiger partial charge in [-0.25, -0.2) is 4.98 Å². The van der Waals surface area contributed by atoms with Crippen LogP contribution in [-0.4, -0.2) is 38.8 Å². The molecule has 1 N–H and O–H groups in total. The van der Waals surface area contributed by atoms with E-state index >= 15 is 0 Å². The van der Waals surface area contributed by atoms with E-state index in [-0.39, 0.29) is 28.1 Å². The largest absolute Gasteiger partial charge is 0.342 e. The second-order valence-electron chi connectivity index (χ2n) is 6.65. The zero-order valence-corrected chi connectivity index (χ0v) is 15.1. The molecule has 8 heteroatoms. The smallest absolute Gasteiger partial charge is 0.283 e. The summed E-state index contributed by atoms with van der Waals surface area (Å²) in [5.74, 6) is 0.569. The van der Waals surface area contributed by atoms with Crippen molar-refractivity contribution in [3.8, 4) is 0 Å². The molecule has 1 aromatic heterocycles. The van der Waals surface area contributed by atoms with Crippen LogP contribution in [0, 0.1) is 10.1 Å². The number of carbonyl (C=O) groups excluding carboxylic acids is 1. The fourth-order valence-electron chi connectivity index (χ4n) is 3.56. The number of hydrogen-bond donors (Lipinski definition) is 1. The van der Waals surface area contributed by atoms with Gasteiger partial charge in [0.2, 0.25) is 0 Å². The highest BCUT2D eigenvalue weighted by Crippen LogP contribution is 2.30. The first-order valence-electron chi connectivity index (χ1n) is 8.71. The Bertz CT molecular complexity index is 1000. The molecular formula is C19H17ClN4O3. The molecule has 1 aliphatic heterocycles. The van der Waals surface area contributed by atoms with Crippen LogP contribution in [0.15, 0.2) is 42.5 Å². The molecule has 1 atom stereocenters. The van der Waals surface area contributed by atoms with Gasteiger partial charge in [0, 0.05) is 30.1 Å². The second-order valence-corrected chi connectivity index (χ2v) is 7.08. The topological polar surface area (TPSA) is 92.1 Å². The summed E-state index contributed by atoms with van der Waals surface area (Å²) >= 11 is 5.85. The van der Waals surface area contributed by atoms with Crippen LogP contribution in [-0.2, 0) is 0 Å². The quantitative estimate of drug-likeness (QED) is 0.542. The van der Waals surface area contributed by atoms with E-state index in [1.165, 1.54) is 18.2 Å². The van der Waals surface area contributed by atoms with Crippen molar-refractivity contribution < 1.29 is 9.72 Å². The predicted molar refractivity (Wildman–Crippen MR) is 102 cm³/mol. The molecule has 0 aliphatic carbocycles. The number of imidazole rings is 1. The van der Waals surface area contributed by atoms with Crippen molar-refractivity contribution in [2.45, 2.75) is 18.8 Å². The van der Waals surface area contributed by atoms with E-state index in [1.54, 1.807) is 4.90 Å². The predicted octanol–water partition coefficient (Wildman–Crippen LogP) is 4.14. The Morgan fingerprint density at radius 2 is 2.11 bits per heavy atom. The Morgan fingerprint density at radius 1 is 1.30 bits per heavy atom. The molecule has 0 unspecified atom stereocenters. The van der Waals surface area contributed by atoms with E-state index in [1.807, 2.05) is 24.3 Å². The first-order chi connectivity index (χ1) is 13.0. The van der Waals surface area contributed by atoms with Crippen LogP contribution in [0.1, 0.15) is 34.9 Å². The number of H-pyrrole nitrogens is 1. The van der Waals surface area contributed by atoms with Gasteiger partial charge in [-0.15, -0.1) is 0 Å². The number of para-hydroxylation sites is 2. The van der Waals surface area contributed by atoms with Crippen molar-refractivity contribution in [3.63, 3.8) is 0 Å². The number of carbonyl (C=O) groups is 1. The third-order valence-corrected chi connectivity index (χ3v) is 5.12. The van der Waals surface area contributed by atoms with Gasteiger partial charge in [0.05, 0.1) is 16.0 Å². The van der Waals surface area contributed by atoms with Gasteiger partial charge in [-0.1, -0.05) is 23.7 Å². The molecular weight excluding hydrogens is 368 g/mol. The molecule has 0 saturated carbocycles. The third-order valence-electron chi connectivity index (χ3n) is 4.89. The Balaban J connectivity index is 1.59. The molecule has 4 rings (SSSR count). The highest BCUT2D eigenvalue weighted by Gasteiger charge is 2.30. The minimum absolute atomic E-state index is 0.0645. The lowest BCUT2D eigenvalue weighted by Gasteiger charge is -2.31. The molecule has 0 spiro atoms. The van der Waals surface area contributed by atoms with Gasteiger partial charge >= 0.3 is 0 Å². The highest BCUT2D eigenvalue weighted by atomic mass is 35.5. The molecule has 0 radical (unpaired) electrons. The number of benzene rings is 2. The lowest BCUT2D eigenvalue weighted by atomic mass is 9.96. The van der Waals surface area contributed by atoms with Crippen LogP contribution in [0.25, 0.3) is 11.0 Å². The molecule has 7 nitrogen and oxygen atoms in total. The minimum atomic E-state index is -0.570. The number of aromatic nitrogens is 2. The zero-order chi connectivity index (χ0) is 19.0. The maximum absolute atomic E-state index is 12.9. The Labute approximate surface area is 160 Å². The number of amides is 1. The van der Waals surface area contributed by atoms with Gasteiger partial charge in [-0.2, -0.15) is 0 Å².